The third-order valence-electron chi connectivity index (χ3n) is 5.02. The first-order chi connectivity index (χ1) is 10.2. The fourth-order valence-electron chi connectivity index (χ4n) is 3.74. The Hall–Kier alpha value is -0.820. The molecule has 0 bridgehead atoms. The summed E-state index contributed by atoms with van der Waals surface area (Å²) in [5, 5.41) is 3.73. The highest BCUT2D eigenvalue weighted by molar-refractivity contribution is 5.32. The van der Waals surface area contributed by atoms with Crippen molar-refractivity contribution in [2.75, 3.05) is 6.54 Å². The maximum Gasteiger partial charge on any atom is 0.00900 e. The zero-order chi connectivity index (χ0) is 15.1. The molecule has 0 aliphatic heterocycles. The summed E-state index contributed by atoms with van der Waals surface area (Å²) >= 11 is 0. The molecule has 1 aliphatic rings. The molecule has 0 fully saturated rings. The zero-order valence-electron chi connectivity index (χ0n) is 14.2. The van der Waals surface area contributed by atoms with Gasteiger partial charge in [0.25, 0.3) is 0 Å². The van der Waals surface area contributed by atoms with Gasteiger partial charge in [0.05, 0.1) is 0 Å². The second kappa shape index (κ2) is 8.58. The van der Waals surface area contributed by atoms with E-state index in [9.17, 15) is 0 Å². The highest BCUT2D eigenvalue weighted by Crippen LogP contribution is 2.35. The maximum absolute atomic E-state index is 3.73. The smallest absolute Gasteiger partial charge is 0.00900 e. The molecule has 1 aromatic rings. The lowest BCUT2D eigenvalue weighted by molar-refractivity contribution is 0.357. The van der Waals surface area contributed by atoms with Crippen molar-refractivity contribution in [3.63, 3.8) is 0 Å². The van der Waals surface area contributed by atoms with Crippen LogP contribution in [0.5, 0.6) is 0 Å². The fourth-order valence-corrected chi connectivity index (χ4v) is 3.74. The van der Waals surface area contributed by atoms with E-state index < -0.39 is 0 Å². The van der Waals surface area contributed by atoms with Crippen molar-refractivity contribution in [1.82, 2.24) is 5.32 Å². The van der Waals surface area contributed by atoms with Crippen LogP contribution in [-0.4, -0.2) is 12.6 Å². The standard InChI is InChI=1S/C20H33N/c1-4-15-21-20(16(2)3)14-8-12-18-11-7-10-17-9-5-6-13-19(17)18/h5-6,9,13,16,18,20-21H,4,7-8,10-12,14-15H2,1-3H3. The average molecular weight is 287 g/mol. The topological polar surface area (TPSA) is 12.0 Å². The molecule has 1 heteroatoms. The molecule has 0 radical (unpaired) electrons. The fraction of sp³-hybridized carbons (Fsp3) is 0.700. The van der Waals surface area contributed by atoms with Crippen molar-refractivity contribution in [1.29, 1.82) is 0 Å². The molecule has 0 aromatic heterocycles. The van der Waals surface area contributed by atoms with Gasteiger partial charge in [0.1, 0.15) is 0 Å². The highest BCUT2D eigenvalue weighted by atomic mass is 14.9. The molecule has 21 heavy (non-hydrogen) atoms. The molecule has 0 amide bonds. The Balaban J connectivity index is 1.83. The summed E-state index contributed by atoms with van der Waals surface area (Å²) in [6.07, 6.45) is 9.36. The van der Waals surface area contributed by atoms with Crippen LogP contribution in [0.1, 0.15) is 76.3 Å². The number of rotatable bonds is 8. The number of hydrogen-bond donors (Lipinski definition) is 1. The first kappa shape index (κ1) is 16.5. The van der Waals surface area contributed by atoms with Crippen LogP contribution in [0.3, 0.4) is 0 Å². The van der Waals surface area contributed by atoms with E-state index in [1.807, 2.05) is 0 Å². The lowest BCUT2D eigenvalue weighted by atomic mass is 9.80. The summed E-state index contributed by atoms with van der Waals surface area (Å²) in [5.41, 5.74) is 3.25. The maximum atomic E-state index is 3.73. The van der Waals surface area contributed by atoms with Crippen molar-refractivity contribution < 1.29 is 0 Å². The van der Waals surface area contributed by atoms with Gasteiger partial charge in [-0.05, 0) is 68.0 Å². The van der Waals surface area contributed by atoms with Gasteiger partial charge in [-0.1, -0.05) is 51.5 Å². The van der Waals surface area contributed by atoms with E-state index in [0.29, 0.717) is 6.04 Å². The molecule has 2 rings (SSSR count). The summed E-state index contributed by atoms with van der Waals surface area (Å²) in [4.78, 5) is 0. The molecule has 1 aliphatic carbocycles. The molecule has 2 unspecified atom stereocenters. The molecule has 0 heterocycles. The minimum atomic E-state index is 0.698. The molecule has 1 nitrogen and oxygen atoms in total. The summed E-state index contributed by atoms with van der Waals surface area (Å²) in [6.45, 7) is 8.12. The van der Waals surface area contributed by atoms with Crippen molar-refractivity contribution >= 4 is 0 Å². The molecule has 118 valence electrons. The van der Waals surface area contributed by atoms with Gasteiger partial charge >= 0.3 is 0 Å². The molecule has 2 atom stereocenters. The van der Waals surface area contributed by atoms with Crippen molar-refractivity contribution in [3.05, 3.63) is 35.4 Å². The zero-order valence-corrected chi connectivity index (χ0v) is 14.2. The first-order valence-electron chi connectivity index (χ1n) is 9.03. The van der Waals surface area contributed by atoms with Crippen LogP contribution in [0.2, 0.25) is 0 Å². The normalized spacial score (nSPS) is 19.5. The van der Waals surface area contributed by atoms with E-state index in [1.165, 1.54) is 44.9 Å². The van der Waals surface area contributed by atoms with E-state index in [0.717, 1.165) is 18.4 Å². The SMILES string of the molecule is CCCNC(CCCC1CCCc2ccccc21)C(C)C. The number of aryl methyl sites for hydroxylation is 1. The van der Waals surface area contributed by atoms with Crippen molar-refractivity contribution in [2.24, 2.45) is 5.92 Å². The quantitative estimate of drug-likeness (QED) is 0.684. The number of hydrogen-bond acceptors (Lipinski definition) is 1. The van der Waals surface area contributed by atoms with Crippen molar-refractivity contribution in [2.45, 2.75) is 77.7 Å². The van der Waals surface area contributed by atoms with Gasteiger partial charge in [0, 0.05) is 6.04 Å². The summed E-state index contributed by atoms with van der Waals surface area (Å²) in [7, 11) is 0. The third-order valence-corrected chi connectivity index (χ3v) is 5.02. The van der Waals surface area contributed by atoms with E-state index in [-0.39, 0.29) is 0 Å². The molecule has 0 spiro atoms. The Morgan fingerprint density at radius 3 is 2.81 bits per heavy atom. The number of benzene rings is 1. The molecule has 0 saturated carbocycles. The largest absolute Gasteiger partial charge is 0.314 e. The molecule has 1 N–H and O–H groups in total. The van der Waals surface area contributed by atoms with E-state index in [2.05, 4.69) is 50.4 Å². The second-order valence-corrected chi connectivity index (χ2v) is 7.02. The number of fused-ring (bicyclic) bond motifs is 1. The van der Waals surface area contributed by atoms with E-state index >= 15 is 0 Å². The predicted molar refractivity (Wildman–Crippen MR) is 92.9 cm³/mol. The van der Waals surface area contributed by atoms with Gasteiger partial charge in [-0.2, -0.15) is 0 Å². The van der Waals surface area contributed by atoms with Crippen LogP contribution >= 0.6 is 0 Å². The van der Waals surface area contributed by atoms with Gasteiger partial charge in [0.2, 0.25) is 0 Å². The Labute approximate surface area is 131 Å². The average Bonchev–Trinajstić information content (AvgIpc) is 2.50. The second-order valence-electron chi connectivity index (χ2n) is 7.02. The molecule has 1 aromatic carbocycles. The van der Waals surface area contributed by atoms with Gasteiger partial charge in [-0.15, -0.1) is 0 Å². The minimum Gasteiger partial charge on any atom is -0.314 e. The summed E-state index contributed by atoms with van der Waals surface area (Å²) in [6, 6.07) is 9.82. The lowest BCUT2D eigenvalue weighted by Gasteiger charge is -2.27. The first-order valence-corrected chi connectivity index (χ1v) is 9.03. The molecular formula is C20H33N. The molecule has 0 saturated heterocycles. The predicted octanol–water partition coefficient (Wildman–Crippen LogP) is 5.30. The van der Waals surface area contributed by atoms with Gasteiger partial charge in [-0.25, -0.2) is 0 Å². The Bertz CT molecular complexity index is 410. The Morgan fingerprint density at radius 1 is 1.24 bits per heavy atom. The van der Waals surface area contributed by atoms with Gasteiger partial charge in [-0.3, -0.25) is 0 Å². The van der Waals surface area contributed by atoms with Crippen LogP contribution in [0, 0.1) is 5.92 Å². The highest BCUT2D eigenvalue weighted by Gasteiger charge is 2.20. The van der Waals surface area contributed by atoms with Gasteiger partial charge in [0.15, 0.2) is 0 Å². The van der Waals surface area contributed by atoms with Gasteiger partial charge < -0.3 is 5.32 Å². The monoisotopic (exact) mass is 287 g/mol. The Kier molecular flexibility index (Phi) is 6.76. The lowest BCUT2D eigenvalue weighted by Crippen LogP contribution is -2.34. The molecular weight excluding hydrogens is 254 g/mol. The summed E-state index contributed by atoms with van der Waals surface area (Å²) < 4.78 is 0. The van der Waals surface area contributed by atoms with Crippen molar-refractivity contribution in [3.8, 4) is 0 Å². The van der Waals surface area contributed by atoms with Crippen LogP contribution < -0.4 is 5.32 Å². The summed E-state index contributed by atoms with van der Waals surface area (Å²) in [5.74, 6) is 1.56. The van der Waals surface area contributed by atoms with Crippen LogP contribution in [0.15, 0.2) is 24.3 Å². The van der Waals surface area contributed by atoms with Crippen LogP contribution in [0.25, 0.3) is 0 Å². The Morgan fingerprint density at radius 2 is 2.05 bits per heavy atom. The van der Waals surface area contributed by atoms with Crippen LogP contribution in [-0.2, 0) is 6.42 Å². The number of nitrogens with one attached hydrogen (secondary N) is 1. The van der Waals surface area contributed by atoms with E-state index in [1.54, 1.807) is 11.1 Å². The minimum absolute atomic E-state index is 0.698. The third kappa shape index (κ3) is 4.85. The van der Waals surface area contributed by atoms with E-state index in [4.69, 9.17) is 0 Å². The van der Waals surface area contributed by atoms with Crippen LogP contribution in [0.4, 0.5) is 0 Å².